The quantitative estimate of drug-likeness (QED) is 0.705. The number of para-hydroxylation sites is 1. The average molecular weight is 404 g/mol. The van der Waals surface area contributed by atoms with Gasteiger partial charge in [0.05, 0.1) is 6.54 Å². The molecule has 0 aliphatic rings. The van der Waals surface area contributed by atoms with Gasteiger partial charge in [-0.05, 0) is 73.1 Å². The molecule has 2 amide bonds. The van der Waals surface area contributed by atoms with E-state index in [-0.39, 0.29) is 23.9 Å². The summed E-state index contributed by atoms with van der Waals surface area (Å²) in [7, 11) is 0. The van der Waals surface area contributed by atoms with Gasteiger partial charge in [0.15, 0.2) is 0 Å². The molecule has 0 bridgehead atoms. The van der Waals surface area contributed by atoms with Crippen molar-refractivity contribution in [3.8, 4) is 0 Å². The topological polar surface area (TPSA) is 70.2 Å². The van der Waals surface area contributed by atoms with Crippen molar-refractivity contribution < 1.29 is 9.59 Å². The van der Waals surface area contributed by atoms with Crippen LogP contribution in [0.1, 0.15) is 31.1 Å². The zero-order valence-corrected chi connectivity index (χ0v) is 16.1. The van der Waals surface area contributed by atoms with Gasteiger partial charge in [0.2, 0.25) is 5.91 Å². The Morgan fingerprint density at radius 1 is 1.00 bits per heavy atom. The van der Waals surface area contributed by atoms with Crippen LogP contribution in [0.25, 0.3) is 0 Å². The molecule has 0 aromatic heterocycles. The molecule has 0 spiro atoms. The van der Waals surface area contributed by atoms with Gasteiger partial charge in [0, 0.05) is 26.9 Å². The molecular weight excluding hydrogens is 382 g/mol. The number of carbonyl (C=O) groups excluding carboxylic acids is 2. The lowest BCUT2D eigenvalue weighted by atomic mass is 10.1. The predicted molar refractivity (Wildman–Crippen MR) is 105 cm³/mol. The number of anilines is 2. The van der Waals surface area contributed by atoms with E-state index in [0.29, 0.717) is 11.3 Å². The molecule has 2 rings (SSSR count). The lowest BCUT2D eigenvalue weighted by Gasteiger charge is -2.20. The SMILES string of the molecule is CC(C)(C)NC(=O)c1ccc(NC(=O)CNc2ccccc2Br)cc1. The maximum atomic E-state index is 12.1. The minimum Gasteiger partial charge on any atom is -0.375 e. The second-order valence-electron chi connectivity index (χ2n) is 6.66. The monoisotopic (exact) mass is 403 g/mol. The molecule has 0 atom stereocenters. The molecule has 0 radical (unpaired) electrons. The third kappa shape index (κ3) is 6.23. The van der Waals surface area contributed by atoms with Gasteiger partial charge in [-0.15, -0.1) is 0 Å². The number of benzene rings is 2. The van der Waals surface area contributed by atoms with E-state index in [1.165, 1.54) is 0 Å². The minimum absolute atomic E-state index is 0.138. The molecule has 0 saturated heterocycles. The molecule has 0 heterocycles. The average Bonchev–Trinajstić information content (AvgIpc) is 2.53. The van der Waals surface area contributed by atoms with Gasteiger partial charge in [-0.2, -0.15) is 0 Å². The smallest absolute Gasteiger partial charge is 0.251 e. The van der Waals surface area contributed by atoms with Crippen molar-refractivity contribution in [2.75, 3.05) is 17.2 Å². The highest BCUT2D eigenvalue weighted by atomic mass is 79.9. The zero-order chi connectivity index (χ0) is 18.4. The molecule has 2 aromatic rings. The highest BCUT2D eigenvalue weighted by Crippen LogP contribution is 2.20. The van der Waals surface area contributed by atoms with Crippen LogP contribution in [0, 0.1) is 0 Å². The van der Waals surface area contributed by atoms with Crippen molar-refractivity contribution >= 4 is 39.1 Å². The summed E-state index contributed by atoms with van der Waals surface area (Å²) >= 11 is 3.42. The third-order valence-electron chi connectivity index (χ3n) is 3.23. The van der Waals surface area contributed by atoms with Crippen LogP contribution in [-0.2, 0) is 4.79 Å². The molecule has 3 N–H and O–H groups in total. The van der Waals surface area contributed by atoms with E-state index in [4.69, 9.17) is 0 Å². The molecule has 5 nitrogen and oxygen atoms in total. The molecule has 0 aliphatic heterocycles. The molecular formula is C19H22BrN3O2. The normalized spacial score (nSPS) is 10.9. The molecule has 2 aromatic carbocycles. The standard InChI is InChI=1S/C19H22BrN3O2/c1-19(2,3)23-18(25)13-8-10-14(11-9-13)22-17(24)12-21-16-7-5-4-6-15(16)20/h4-11,21H,12H2,1-3H3,(H,22,24)(H,23,25). The first kappa shape index (κ1) is 19.0. The first-order chi connectivity index (χ1) is 11.7. The van der Waals surface area contributed by atoms with Crippen LogP contribution in [0.4, 0.5) is 11.4 Å². The number of nitrogens with one attached hydrogen (secondary N) is 3. The Bertz CT molecular complexity index is 752. The number of rotatable bonds is 5. The van der Waals surface area contributed by atoms with Crippen molar-refractivity contribution in [2.24, 2.45) is 0 Å². The second kappa shape index (κ2) is 8.16. The van der Waals surface area contributed by atoms with E-state index in [1.54, 1.807) is 24.3 Å². The van der Waals surface area contributed by atoms with E-state index < -0.39 is 0 Å². The van der Waals surface area contributed by atoms with Gasteiger partial charge in [0.25, 0.3) is 5.91 Å². The highest BCUT2D eigenvalue weighted by molar-refractivity contribution is 9.10. The van der Waals surface area contributed by atoms with E-state index in [0.717, 1.165) is 10.2 Å². The summed E-state index contributed by atoms with van der Waals surface area (Å²) in [5, 5.41) is 8.76. The van der Waals surface area contributed by atoms with Crippen LogP contribution in [0.15, 0.2) is 53.0 Å². The number of amides is 2. The van der Waals surface area contributed by atoms with Crippen molar-refractivity contribution in [1.29, 1.82) is 0 Å². The van der Waals surface area contributed by atoms with Crippen LogP contribution in [-0.4, -0.2) is 23.9 Å². The van der Waals surface area contributed by atoms with Crippen molar-refractivity contribution in [3.63, 3.8) is 0 Å². The second-order valence-corrected chi connectivity index (χ2v) is 7.52. The first-order valence-corrected chi connectivity index (χ1v) is 8.75. The predicted octanol–water partition coefficient (Wildman–Crippen LogP) is 4.03. The molecule has 6 heteroatoms. The molecule has 0 saturated carbocycles. The van der Waals surface area contributed by atoms with Crippen LogP contribution in [0.3, 0.4) is 0 Å². The minimum atomic E-state index is -0.290. The molecule has 132 valence electrons. The van der Waals surface area contributed by atoms with Crippen LogP contribution >= 0.6 is 15.9 Å². The molecule has 0 fully saturated rings. The Hall–Kier alpha value is -2.34. The maximum Gasteiger partial charge on any atom is 0.251 e. The summed E-state index contributed by atoms with van der Waals surface area (Å²) in [6.45, 7) is 5.93. The fourth-order valence-electron chi connectivity index (χ4n) is 2.10. The van der Waals surface area contributed by atoms with E-state index in [1.807, 2.05) is 45.0 Å². The lowest BCUT2D eigenvalue weighted by Crippen LogP contribution is -2.40. The highest BCUT2D eigenvalue weighted by Gasteiger charge is 2.15. The van der Waals surface area contributed by atoms with Crippen LogP contribution in [0.2, 0.25) is 0 Å². The van der Waals surface area contributed by atoms with Crippen molar-refractivity contribution in [1.82, 2.24) is 5.32 Å². The molecule has 25 heavy (non-hydrogen) atoms. The van der Waals surface area contributed by atoms with Crippen LogP contribution < -0.4 is 16.0 Å². The summed E-state index contributed by atoms with van der Waals surface area (Å²) in [4.78, 5) is 24.1. The number of carbonyl (C=O) groups is 2. The fourth-order valence-corrected chi connectivity index (χ4v) is 2.53. The summed E-state index contributed by atoms with van der Waals surface area (Å²) in [5.41, 5.74) is 1.76. The van der Waals surface area contributed by atoms with Crippen molar-refractivity contribution in [2.45, 2.75) is 26.3 Å². The van der Waals surface area contributed by atoms with Gasteiger partial charge in [0.1, 0.15) is 0 Å². The van der Waals surface area contributed by atoms with E-state index in [9.17, 15) is 9.59 Å². The Labute approximate surface area is 156 Å². The summed E-state index contributed by atoms with van der Waals surface area (Å²) in [5.74, 6) is -0.302. The zero-order valence-electron chi connectivity index (χ0n) is 14.5. The lowest BCUT2D eigenvalue weighted by molar-refractivity contribution is -0.114. The fraction of sp³-hybridized carbons (Fsp3) is 0.263. The van der Waals surface area contributed by atoms with E-state index >= 15 is 0 Å². The number of hydrogen-bond acceptors (Lipinski definition) is 3. The Balaban J connectivity index is 1.89. The number of halogens is 1. The molecule has 0 aliphatic carbocycles. The Morgan fingerprint density at radius 2 is 1.64 bits per heavy atom. The van der Waals surface area contributed by atoms with Crippen LogP contribution in [0.5, 0.6) is 0 Å². The van der Waals surface area contributed by atoms with Gasteiger partial charge < -0.3 is 16.0 Å². The largest absolute Gasteiger partial charge is 0.375 e. The third-order valence-corrected chi connectivity index (χ3v) is 3.92. The first-order valence-electron chi connectivity index (χ1n) is 7.95. The van der Waals surface area contributed by atoms with E-state index in [2.05, 4.69) is 31.9 Å². The van der Waals surface area contributed by atoms with Gasteiger partial charge in [-0.1, -0.05) is 12.1 Å². The Morgan fingerprint density at radius 3 is 2.24 bits per heavy atom. The maximum absolute atomic E-state index is 12.1. The van der Waals surface area contributed by atoms with Gasteiger partial charge in [-0.3, -0.25) is 9.59 Å². The summed E-state index contributed by atoms with van der Waals surface area (Å²) in [6.07, 6.45) is 0. The van der Waals surface area contributed by atoms with Crippen molar-refractivity contribution in [3.05, 3.63) is 58.6 Å². The Kier molecular flexibility index (Phi) is 6.20. The van der Waals surface area contributed by atoms with Gasteiger partial charge in [-0.25, -0.2) is 0 Å². The molecule has 0 unspecified atom stereocenters. The van der Waals surface area contributed by atoms with Gasteiger partial charge >= 0.3 is 0 Å². The summed E-state index contributed by atoms with van der Waals surface area (Å²) in [6, 6.07) is 14.4. The summed E-state index contributed by atoms with van der Waals surface area (Å²) < 4.78 is 0.900. The number of hydrogen-bond donors (Lipinski definition) is 3.